The summed E-state index contributed by atoms with van der Waals surface area (Å²) >= 11 is 0. The zero-order chi connectivity index (χ0) is 21.3. The van der Waals surface area contributed by atoms with Crippen LogP contribution in [0.5, 0.6) is 5.75 Å². The summed E-state index contributed by atoms with van der Waals surface area (Å²) in [5.41, 5.74) is 4.05. The van der Waals surface area contributed by atoms with Crippen LogP contribution in [0.25, 0.3) is 11.0 Å². The van der Waals surface area contributed by atoms with Crippen molar-refractivity contribution in [3.8, 4) is 5.75 Å². The topological polar surface area (TPSA) is 84.6 Å². The van der Waals surface area contributed by atoms with Gasteiger partial charge in [-0.2, -0.15) is 0 Å². The first-order chi connectivity index (χ1) is 14.3. The third-order valence-corrected chi connectivity index (χ3v) is 6.25. The van der Waals surface area contributed by atoms with E-state index in [9.17, 15) is 4.21 Å². The Kier molecular flexibility index (Phi) is 7.94. The molecule has 1 aromatic carbocycles. The fourth-order valence-corrected chi connectivity index (χ4v) is 4.39. The molecule has 0 N–H and O–H groups in total. The van der Waals surface area contributed by atoms with Crippen LogP contribution in [0, 0.1) is 19.8 Å². The Balaban J connectivity index is 0.00000272. The van der Waals surface area contributed by atoms with Gasteiger partial charge in [-0.25, -0.2) is 0 Å². The van der Waals surface area contributed by atoms with Gasteiger partial charge in [0.15, 0.2) is 5.79 Å². The van der Waals surface area contributed by atoms with E-state index in [1.165, 1.54) is 0 Å². The number of pyridine rings is 1. The second kappa shape index (κ2) is 10.1. The van der Waals surface area contributed by atoms with Crippen LogP contribution in [-0.2, 0) is 26.0 Å². The molecule has 0 saturated carbocycles. The maximum Gasteiger partial charge on any atom is 1.00 e. The van der Waals surface area contributed by atoms with Crippen LogP contribution in [0.2, 0.25) is 0 Å². The Hall–Kier alpha value is -1.29. The van der Waals surface area contributed by atoms with Crippen LogP contribution < -0.4 is 39.3 Å². The monoisotopic (exact) mass is 451 g/mol. The Labute approximate surface area is 207 Å². The van der Waals surface area contributed by atoms with Gasteiger partial charge in [0, 0.05) is 28.4 Å². The van der Waals surface area contributed by atoms with E-state index in [-0.39, 0.29) is 41.2 Å². The van der Waals surface area contributed by atoms with Gasteiger partial charge >= 0.3 is 29.6 Å². The van der Waals surface area contributed by atoms with Crippen molar-refractivity contribution in [1.29, 1.82) is 0 Å². The summed E-state index contributed by atoms with van der Waals surface area (Å²) in [7, 11) is -1.39. The first-order valence-electron chi connectivity index (χ1n) is 9.96. The molecule has 9 heteroatoms. The maximum atomic E-state index is 12.9. The SMILES string of the molecule is Cc1cnc(C[S@@](=O)c2nc3ccccc3[n-]2)c(C)c1OCC1COC(C)(C)OC1.[Na+]. The predicted molar refractivity (Wildman–Crippen MR) is 114 cm³/mol. The number of rotatable bonds is 6. The molecule has 2 aromatic heterocycles. The summed E-state index contributed by atoms with van der Waals surface area (Å²) in [6, 6.07) is 7.51. The molecule has 3 aromatic rings. The molecule has 0 unspecified atom stereocenters. The van der Waals surface area contributed by atoms with E-state index in [1.807, 2.05) is 52.0 Å². The molecule has 0 spiro atoms. The molecular weight excluding hydrogens is 425 g/mol. The average molecular weight is 452 g/mol. The second-order valence-electron chi connectivity index (χ2n) is 8.03. The summed E-state index contributed by atoms with van der Waals surface area (Å²) in [5.74, 6) is 0.634. The summed E-state index contributed by atoms with van der Waals surface area (Å²) in [4.78, 5) is 13.3. The zero-order valence-electron chi connectivity index (χ0n) is 18.7. The molecule has 1 fully saturated rings. The summed E-state index contributed by atoms with van der Waals surface area (Å²) in [6.07, 6.45) is 1.76. The summed E-state index contributed by atoms with van der Waals surface area (Å²) in [5, 5.41) is 0.333. The molecular formula is C22H26N3NaO4S. The van der Waals surface area contributed by atoms with E-state index in [0.29, 0.717) is 25.0 Å². The van der Waals surface area contributed by atoms with Crippen molar-refractivity contribution >= 4 is 21.8 Å². The number of benzene rings is 1. The number of fused-ring (bicyclic) bond motifs is 1. The molecule has 1 aliphatic rings. The molecule has 1 aliphatic heterocycles. The third-order valence-electron chi connectivity index (χ3n) is 5.13. The Morgan fingerprint density at radius 1 is 1.23 bits per heavy atom. The molecule has 0 bridgehead atoms. The minimum atomic E-state index is -1.39. The van der Waals surface area contributed by atoms with Crippen LogP contribution in [0.1, 0.15) is 30.7 Å². The van der Waals surface area contributed by atoms with Crippen LogP contribution >= 0.6 is 0 Å². The minimum absolute atomic E-state index is 0. The summed E-state index contributed by atoms with van der Waals surface area (Å²) < 4.78 is 30.4. The number of aromatic nitrogens is 3. The van der Waals surface area contributed by atoms with E-state index in [4.69, 9.17) is 14.2 Å². The number of hydrogen-bond acceptors (Lipinski definition) is 6. The average Bonchev–Trinajstić information content (AvgIpc) is 3.15. The Morgan fingerprint density at radius 3 is 2.65 bits per heavy atom. The van der Waals surface area contributed by atoms with Gasteiger partial charge in [-0.3, -0.25) is 9.19 Å². The number of hydrogen-bond donors (Lipinski definition) is 0. The standard InChI is InChI=1S/C22H26N3O4S.Na/c1-14-9-23-19(13-30(26)21-24-17-7-5-6-8-18(17)25-21)15(2)20(14)27-10-16-11-28-22(3,4)29-12-16;/h5-9,16H,10-13H2,1-4H3;/q-1;+1/t30-;/m1./s1. The molecule has 1 atom stereocenters. The minimum Gasteiger partial charge on any atom is -0.492 e. The van der Waals surface area contributed by atoms with Gasteiger partial charge in [-0.05, 0) is 38.7 Å². The molecule has 160 valence electrons. The first-order valence-corrected chi connectivity index (χ1v) is 11.3. The summed E-state index contributed by atoms with van der Waals surface area (Å²) in [6.45, 7) is 9.40. The molecule has 1 saturated heterocycles. The van der Waals surface area contributed by atoms with Crippen molar-refractivity contribution in [3.05, 3.63) is 47.3 Å². The molecule has 0 radical (unpaired) electrons. The quantitative estimate of drug-likeness (QED) is 0.498. The fourth-order valence-electron chi connectivity index (χ4n) is 3.32. The Bertz CT molecular complexity index is 1040. The number of aryl methyl sites for hydroxylation is 1. The van der Waals surface area contributed by atoms with E-state index in [1.54, 1.807) is 6.20 Å². The van der Waals surface area contributed by atoms with Crippen molar-refractivity contribution < 1.29 is 48.0 Å². The number of para-hydroxylation sites is 2. The zero-order valence-corrected chi connectivity index (χ0v) is 21.5. The van der Waals surface area contributed by atoms with Crippen LogP contribution in [-0.4, -0.2) is 39.8 Å². The van der Waals surface area contributed by atoms with Gasteiger partial charge < -0.3 is 24.2 Å². The van der Waals surface area contributed by atoms with Crippen LogP contribution in [0.4, 0.5) is 0 Å². The van der Waals surface area contributed by atoms with Crippen molar-refractivity contribution in [2.75, 3.05) is 19.8 Å². The molecule has 0 aliphatic carbocycles. The van der Waals surface area contributed by atoms with Crippen molar-refractivity contribution in [2.45, 2.75) is 44.4 Å². The van der Waals surface area contributed by atoms with E-state index in [2.05, 4.69) is 15.0 Å². The van der Waals surface area contributed by atoms with Crippen LogP contribution in [0.3, 0.4) is 0 Å². The molecule has 4 rings (SSSR count). The number of imidazole rings is 1. The first kappa shape index (κ1) is 24.4. The maximum absolute atomic E-state index is 12.9. The van der Waals surface area contributed by atoms with Gasteiger partial charge in [-0.1, -0.05) is 24.3 Å². The molecule has 3 heterocycles. The van der Waals surface area contributed by atoms with Gasteiger partial charge in [0.25, 0.3) is 0 Å². The third kappa shape index (κ3) is 5.74. The van der Waals surface area contributed by atoms with Crippen LogP contribution in [0.15, 0.2) is 35.6 Å². The Morgan fingerprint density at radius 2 is 1.94 bits per heavy atom. The second-order valence-corrected chi connectivity index (χ2v) is 9.37. The van der Waals surface area contributed by atoms with Gasteiger partial charge in [0.2, 0.25) is 0 Å². The smallest absolute Gasteiger partial charge is 0.492 e. The molecule has 0 amide bonds. The predicted octanol–water partition coefficient (Wildman–Crippen LogP) is 0.294. The van der Waals surface area contributed by atoms with Gasteiger partial charge in [0.1, 0.15) is 5.75 Å². The van der Waals surface area contributed by atoms with E-state index in [0.717, 1.165) is 33.6 Å². The van der Waals surface area contributed by atoms with Gasteiger partial charge in [0.05, 0.1) is 42.1 Å². The number of ether oxygens (including phenoxy) is 3. The fraction of sp³-hybridized carbons (Fsp3) is 0.455. The van der Waals surface area contributed by atoms with Crippen molar-refractivity contribution in [3.63, 3.8) is 0 Å². The van der Waals surface area contributed by atoms with Crippen molar-refractivity contribution in [1.82, 2.24) is 15.0 Å². The number of nitrogens with zero attached hydrogens (tertiary/aromatic N) is 3. The normalized spacial score (nSPS) is 17.3. The van der Waals surface area contributed by atoms with E-state index >= 15 is 0 Å². The molecule has 7 nitrogen and oxygen atoms in total. The van der Waals surface area contributed by atoms with Gasteiger partial charge in [-0.15, -0.1) is 0 Å². The van der Waals surface area contributed by atoms with Crippen molar-refractivity contribution in [2.24, 2.45) is 5.92 Å². The van der Waals surface area contributed by atoms with E-state index < -0.39 is 16.6 Å². The largest absolute Gasteiger partial charge is 1.00 e. The molecule has 31 heavy (non-hydrogen) atoms.